The van der Waals surface area contributed by atoms with E-state index in [0.29, 0.717) is 16.8 Å². The molecule has 1 aromatic rings. The summed E-state index contributed by atoms with van der Waals surface area (Å²) in [6, 6.07) is 0. The van der Waals surface area contributed by atoms with Crippen molar-refractivity contribution in [2.75, 3.05) is 50.5 Å². The van der Waals surface area contributed by atoms with Gasteiger partial charge in [-0.1, -0.05) is 18.5 Å². The Hall–Kier alpha value is -1.11. The predicted octanol–water partition coefficient (Wildman–Crippen LogP) is 1.53. The fraction of sp³-hybridized carbons (Fsp3) is 0.667. The molecule has 0 spiro atoms. The van der Waals surface area contributed by atoms with Gasteiger partial charge in [-0.05, 0) is 13.5 Å². The maximum Gasteiger partial charge on any atom is 0.224 e. The molecule has 2 rings (SSSR count). The van der Waals surface area contributed by atoms with Gasteiger partial charge >= 0.3 is 0 Å². The van der Waals surface area contributed by atoms with Gasteiger partial charge in [0.25, 0.3) is 0 Å². The Bertz CT molecular complexity index is 405. The van der Waals surface area contributed by atoms with Crippen LogP contribution in [0.15, 0.2) is 6.20 Å². The van der Waals surface area contributed by atoms with Crippen LogP contribution in [0.3, 0.4) is 0 Å². The van der Waals surface area contributed by atoms with Gasteiger partial charge in [0.05, 0.1) is 6.20 Å². The molecule has 0 bridgehead atoms. The summed E-state index contributed by atoms with van der Waals surface area (Å²) in [5, 5.41) is 5.84. The molecule has 1 aromatic heterocycles. The number of nitrogens with zero attached hydrogens (tertiary/aromatic N) is 4. The van der Waals surface area contributed by atoms with Gasteiger partial charge in [0.1, 0.15) is 5.02 Å². The van der Waals surface area contributed by atoms with Crippen molar-refractivity contribution in [3.8, 4) is 0 Å². The van der Waals surface area contributed by atoms with Gasteiger partial charge in [-0.2, -0.15) is 4.98 Å². The molecule has 2 heterocycles. The quantitative estimate of drug-likeness (QED) is 0.855. The zero-order chi connectivity index (χ0) is 13.7. The molecule has 19 heavy (non-hydrogen) atoms. The monoisotopic (exact) mass is 284 g/mol. The molecule has 0 atom stereocenters. The van der Waals surface area contributed by atoms with Crippen LogP contribution in [0.1, 0.15) is 13.3 Å². The molecular formula is C12H21ClN6. The van der Waals surface area contributed by atoms with Gasteiger partial charge in [-0.25, -0.2) is 9.99 Å². The average molecular weight is 285 g/mol. The minimum Gasteiger partial charge on any atom is -0.354 e. The van der Waals surface area contributed by atoms with Gasteiger partial charge in [-0.3, -0.25) is 0 Å². The lowest BCUT2D eigenvalue weighted by Crippen LogP contribution is -2.47. The van der Waals surface area contributed by atoms with Crippen molar-refractivity contribution in [3.05, 3.63) is 11.2 Å². The second-order valence-electron chi connectivity index (χ2n) is 4.72. The number of rotatable bonds is 5. The van der Waals surface area contributed by atoms with E-state index in [9.17, 15) is 0 Å². The summed E-state index contributed by atoms with van der Waals surface area (Å²) >= 11 is 6.13. The van der Waals surface area contributed by atoms with Crippen LogP contribution < -0.4 is 10.7 Å². The zero-order valence-electron chi connectivity index (χ0n) is 11.5. The highest BCUT2D eigenvalue weighted by Crippen LogP contribution is 2.20. The van der Waals surface area contributed by atoms with E-state index in [1.54, 1.807) is 6.20 Å². The molecule has 0 amide bonds. The molecule has 7 heteroatoms. The maximum absolute atomic E-state index is 6.13. The van der Waals surface area contributed by atoms with Gasteiger partial charge < -0.3 is 15.6 Å². The molecule has 1 aliphatic heterocycles. The summed E-state index contributed by atoms with van der Waals surface area (Å²) in [5.74, 6) is 1.28. The van der Waals surface area contributed by atoms with E-state index in [1.807, 2.05) is 0 Å². The van der Waals surface area contributed by atoms with Gasteiger partial charge in [-0.15, -0.1) is 0 Å². The Balaban J connectivity index is 1.98. The molecule has 0 radical (unpaired) electrons. The van der Waals surface area contributed by atoms with Crippen LogP contribution in [0, 0.1) is 0 Å². The zero-order valence-corrected chi connectivity index (χ0v) is 12.2. The smallest absolute Gasteiger partial charge is 0.224 e. The lowest BCUT2D eigenvalue weighted by molar-refractivity contribution is 0.178. The van der Waals surface area contributed by atoms with Crippen molar-refractivity contribution >= 4 is 23.4 Å². The van der Waals surface area contributed by atoms with Crippen LogP contribution in [0.2, 0.25) is 5.02 Å². The molecule has 0 saturated carbocycles. The van der Waals surface area contributed by atoms with E-state index in [1.165, 1.54) is 0 Å². The molecule has 1 fully saturated rings. The fourth-order valence-electron chi connectivity index (χ4n) is 1.84. The number of hydrogen-bond donors (Lipinski definition) is 2. The first-order valence-corrected chi connectivity index (χ1v) is 7.03. The molecule has 2 N–H and O–H groups in total. The third kappa shape index (κ3) is 4.19. The number of halogens is 1. The van der Waals surface area contributed by atoms with Crippen molar-refractivity contribution in [2.24, 2.45) is 0 Å². The Morgan fingerprint density at radius 1 is 1.32 bits per heavy atom. The normalized spacial score (nSPS) is 17.4. The highest BCUT2D eigenvalue weighted by molar-refractivity contribution is 6.32. The standard InChI is InChI=1S/C12H21ClN6/c1-3-4-14-12-15-9-10(13)11(16-12)17-19-7-5-18(2)6-8-19/h9H,3-8H2,1-2H3,(H2,14,15,16,17). The highest BCUT2D eigenvalue weighted by atomic mass is 35.5. The lowest BCUT2D eigenvalue weighted by atomic mass is 10.4. The topological polar surface area (TPSA) is 56.3 Å². The van der Waals surface area contributed by atoms with Crippen molar-refractivity contribution in [1.29, 1.82) is 0 Å². The van der Waals surface area contributed by atoms with Crippen molar-refractivity contribution in [2.45, 2.75) is 13.3 Å². The largest absolute Gasteiger partial charge is 0.354 e. The van der Waals surface area contributed by atoms with Crippen LogP contribution in [0.5, 0.6) is 0 Å². The fourth-order valence-corrected chi connectivity index (χ4v) is 1.97. The Kier molecular flexibility index (Phi) is 5.18. The summed E-state index contributed by atoms with van der Waals surface area (Å²) in [6.07, 6.45) is 2.66. The van der Waals surface area contributed by atoms with Crippen LogP contribution >= 0.6 is 11.6 Å². The van der Waals surface area contributed by atoms with Crippen molar-refractivity contribution in [1.82, 2.24) is 19.9 Å². The first-order chi connectivity index (χ1) is 9.19. The molecular weight excluding hydrogens is 264 g/mol. The Morgan fingerprint density at radius 2 is 2.05 bits per heavy atom. The third-order valence-corrected chi connectivity index (χ3v) is 3.32. The first-order valence-electron chi connectivity index (χ1n) is 6.65. The molecule has 1 saturated heterocycles. The minimum atomic E-state index is 0.543. The second-order valence-corrected chi connectivity index (χ2v) is 5.13. The Labute approximate surface area is 119 Å². The number of anilines is 2. The summed E-state index contributed by atoms with van der Waals surface area (Å²) in [4.78, 5) is 10.9. The first kappa shape index (κ1) is 14.3. The van der Waals surface area contributed by atoms with Gasteiger partial charge in [0.15, 0.2) is 5.82 Å². The molecule has 6 nitrogen and oxygen atoms in total. The number of aromatic nitrogens is 2. The predicted molar refractivity (Wildman–Crippen MR) is 78.5 cm³/mol. The number of nitrogens with one attached hydrogen (secondary N) is 2. The van der Waals surface area contributed by atoms with Crippen LogP contribution in [-0.2, 0) is 0 Å². The highest BCUT2D eigenvalue weighted by Gasteiger charge is 2.15. The minimum absolute atomic E-state index is 0.543. The van der Waals surface area contributed by atoms with E-state index in [2.05, 4.69) is 44.6 Å². The number of piperazine rings is 1. The molecule has 0 unspecified atom stereocenters. The second kappa shape index (κ2) is 6.88. The third-order valence-electron chi connectivity index (χ3n) is 3.04. The van der Waals surface area contributed by atoms with Crippen molar-refractivity contribution in [3.63, 3.8) is 0 Å². The Morgan fingerprint density at radius 3 is 2.74 bits per heavy atom. The maximum atomic E-state index is 6.13. The van der Waals surface area contributed by atoms with Gasteiger partial charge in [0, 0.05) is 32.7 Å². The van der Waals surface area contributed by atoms with Crippen LogP contribution in [0.25, 0.3) is 0 Å². The van der Waals surface area contributed by atoms with Crippen LogP contribution in [-0.4, -0.2) is 59.6 Å². The SMILES string of the molecule is CCCNc1ncc(Cl)c(NN2CCN(C)CC2)n1. The summed E-state index contributed by atoms with van der Waals surface area (Å²) in [5.41, 5.74) is 3.27. The van der Waals surface area contributed by atoms with E-state index < -0.39 is 0 Å². The number of hydrogen-bond acceptors (Lipinski definition) is 6. The van der Waals surface area contributed by atoms with E-state index in [4.69, 9.17) is 11.6 Å². The molecule has 106 valence electrons. The molecule has 0 aromatic carbocycles. The van der Waals surface area contributed by atoms with Crippen LogP contribution in [0.4, 0.5) is 11.8 Å². The van der Waals surface area contributed by atoms with E-state index in [0.717, 1.165) is 39.1 Å². The summed E-state index contributed by atoms with van der Waals surface area (Å²) < 4.78 is 0. The lowest BCUT2D eigenvalue weighted by Gasteiger charge is -2.32. The number of likely N-dealkylation sites (N-methyl/N-ethyl adjacent to an activating group) is 1. The molecule has 1 aliphatic rings. The van der Waals surface area contributed by atoms with E-state index in [-0.39, 0.29) is 0 Å². The molecule has 0 aliphatic carbocycles. The summed E-state index contributed by atoms with van der Waals surface area (Å²) in [7, 11) is 2.13. The van der Waals surface area contributed by atoms with Crippen molar-refractivity contribution < 1.29 is 0 Å². The average Bonchev–Trinajstić information content (AvgIpc) is 2.42. The number of hydrazine groups is 1. The summed E-state index contributed by atoms with van der Waals surface area (Å²) in [6.45, 7) is 6.94. The van der Waals surface area contributed by atoms with E-state index >= 15 is 0 Å². The van der Waals surface area contributed by atoms with Gasteiger partial charge in [0.2, 0.25) is 5.95 Å².